The second-order valence-corrected chi connectivity index (χ2v) is 4.84. The van der Waals surface area contributed by atoms with Gasteiger partial charge in [0.1, 0.15) is 12.4 Å². The van der Waals surface area contributed by atoms with Gasteiger partial charge in [-0.15, -0.1) is 0 Å². The number of nitrogens with zero attached hydrogens (tertiary/aromatic N) is 1. The Morgan fingerprint density at radius 3 is 2.74 bits per heavy atom. The molecule has 1 aromatic carbocycles. The minimum atomic E-state index is -4.43. The van der Waals surface area contributed by atoms with E-state index in [9.17, 15) is 13.2 Å². The van der Waals surface area contributed by atoms with Crippen LogP contribution in [0.3, 0.4) is 0 Å². The molecule has 1 saturated heterocycles. The zero-order valence-electron chi connectivity index (χ0n) is 10.7. The molecule has 0 aromatic heterocycles. The molecule has 0 saturated carbocycles. The van der Waals surface area contributed by atoms with Crippen molar-refractivity contribution in [2.24, 2.45) is 0 Å². The predicted molar refractivity (Wildman–Crippen MR) is 67.0 cm³/mol. The van der Waals surface area contributed by atoms with E-state index in [1.807, 2.05) is 7.05 Å². The highest BCUT2D eigenvalue weighted by atomic mass is 19.4. The van der Waals surface area contributed by atoms with Gasteiger partial charge in [-0.05, 0) is 38.6 Å². The lowest BCUT2D eigenvalue weighted by molar-refractivity contribution is -0.139. The van der Waals surface area contributed by atoms with Crippen LogP contribution in [0.4, 0.5) is 18.9 Å². The molecule has 0 radical (unpaired) electrons. The van der Waals surface area contributed by atoms with Crippen molar-refractivity contribution in [3.8, 4) is 5.75 Å². The molecule has 1 aromatic rings. The Bertz CT molecular complexity index is 448. The van der Waals surface area contributed by atoms with Gasteiger partial charge in [0.2, 0.25) is 0 Å². The molecule has 3 nitrogen and oxygen atoms in total. The van der Waals surface area contributed by atoms with Gasteiger partial charge in [0.25, 0.3) is 0 Å². The normalized spacial score (nSPS) is 20.7. The summed E-state index contributed by atoms with van der Waals surface area (Å²) in [5.41, 5.74) is 5.01. The van der Waals surface area contributed by atoms with E-state index >= 15 is 0 Å². The first-order valence-electron chi connectivity index (χ1n) is 6.17. The van der Waals surface area contributed by atoms with Crippen molar-refractivity contribution in [3.63, 3.8) is 0 Å². The molecule has 1 atom stereocenters. The molecule has 106 valence electrons. The number of halogens is 3. The van der Waals surface area contributed by atoms with Crippen molar-refractivity contribution >= 4 is 5.69 Å². The highest BCUT2D eigenvalue weighted by Gasteiger charge is 2.34. The van der Waals surface area contributed by atoms with Crippen molar-refractivity contribution in [3.05, 3.63) is 23.8 Å². The van der Waals surface area contributed by atoms with Crippen LogP contribution in [0.25, 0.3) is 0 Å². The zero-order valence-corrected chi connectivity index (χ0v) is 10.7. The van der Waals surface area contributed by atoms with E-state index < -0.39 is 11.7 Å². The fourth-order valence-corrected chi connectivity index (χ4v) is 2.27. The summed E-state index contributed by atoms with van der Waals surface area (Å²) in [6.07, 6.45) is -2.43. The molecular weight excluding hydrogens is 257 g/mol. The number of rotatable bonds is 3. The monoisotopic (exact) mass is 274 g/mol. The number of hydrogen-bond donors (Lipinski definition) is 1. The molecule has 1 heterocycles. The predicted octanol–water partition coefficient (Wildman–Crippen LogP) is 2.76. The standard InChI is InChI=1S/C13H17F3N2O/c1-18-6-2-3-10(18)8-19-12-7-9(17)4-5-11(12)13(14,15)16/h4-5,7,10H,2-3,6,8,17H2,1H3. The maximum absolute atomic E-state index is 12.8. The molecule has 0 spiro atoms. The summed E-state index contributed by atoms with van der Waals surface area (Å²) in [4.78, 5) is 2.10. The van der Waals surface area contributed by atoms with Gasteiger partial charge in [-0.3, -0.25) is 0 Å². The van der Waals surface area contributed by atoms with Crippen molar-refractivity contribution in [2.75, 3.05) is 25.9 Å². The Hall–Kier alpha value is -1.43. The van der Waals surface area contributed by atoms with Crippen molar-refractivity contribution in [1.82, 2.24) is 4.90 Å². The number of nitrogens with two attached hydrogens (primary N) is 1. The molecule has 0 amide bonds. The van der Waals surface area contributed by atoms with E-state index in [-0.39, 0.29) is 24.1 Å². The highest BCUT2D eigenvalue weighted by molar-refractivity contribution is 5.49. The third-order valence-corrected chi connectivity index (χ3v) is 3.41. The maximum Gasteiger partial charge on any atom is 0.419 e. The summed E-state index contributed by atoms with van der Waals surface area (Å²) < 4.78 is 43.8. The second kappa shape index (κ2) is 5.28. The van der Waals surface area contributed by atoms with Crippen molar-refractivity contribution in [2.45, 2.75) is 25.1 Å². The zero-order chi connectivity index (χ0) is 14.0. The molecule has 1 unspecified atom stereocenters. The quantitative estimate of drug-likeness (QED) is 0.861. The number of nitrogen functional groups attached to an aromatic ring is 1. The lowest BCUT2D eigenvalue weighted by atomic mass is 10.1. The molecule has 1 aliphatic heterocycles. The summed E-state index contributed by atoms with van der Waals surface area (Å²) in [7, 11) is 1.95. The molecule has 0 bridgehead atoms. The molecule has 2 rings (SSSR count). The summed E-state index contributed by atoms with van der Waals surface area (Å²) in [6, 6.07) is 3.60. The molecular formula is C13H17F3N2O. The van der Waals surface area contributed by atoms with Gasteiger partial charge in [-0.2, -0.15) is 13.2 Å². The number of likely N-dealkylation sites (N-methyl/N-ethyl adjacent to an activating group) is 1. The van der Waals surface area contributed by atoms with Crippen LogP contribution in [0, 0.1) is 0 Å². The molecule has 1 aliphatic rings. The fourth-order valence-electron chi connectivity index (χ4n) is 2.27. The van der Waals surface area contributed by atoms with Crippen LogP contribution in [0.5, 0.6) is 5.75 Å². The number of likely N-dealkylation sites (tertiary alicyclic amines) is 1. The van der Waals surface area contributed by atoms with Crippen LogP contribution in [0.15, 0.2) is 18.2 Å². The SMILES string of the molecule is CN1CCCC1COc1cc(N)ccc1C(F)(F)F. The summed E-state index contributed by atoms with van der Waals surface area (Å²) >= 11 is 0. The first-order valence-corrected chi connectivity index (χ1v) is 6.17. The maximum atomic E-state index is 12.8. The first-order chi connectivity index (χ1) is 8.88. The minimum absolute atomic E-state index is 0.169. The average Bonchev–Trinajstić information content (AvgIpc) is 2.70. The van der Waals surface area contributed by atoms with E-state index in [1.54, 1.807) is 0 Å². The largest absolute Gasteiger partial charge is 0.491 e. The van der Waals surface area contributed by atoms with Gasteiger partial charge in [0.15, 0.2) is 0 Å². The van der Waals surface area contributed by atoms with Gasteiger partial charge in [-0.25, -0.2) is 0 Å². The third-order valence-electron chi connectivity index (χ3n) is 3.41. The van der Waals surface area contributed by atoms with Crippen molar-refractivity contribution in [1.29, 1.82) is 0 Å². The van der Waals surface area contributed by atoms with E-state index in [0.29, 0.717) is 0 Å². The fraction of sp³-hybridized carbons (Fsp3) is 0.538. The van der Waals surface area contributed by atoms with Gasteiger partial charge in [0.05, 0.1) is 5.56 Å². The van der Waals surface area contributed by atoms with E-state index in [4.69, 9.17) is 10.5 Å². The second-order valence-electron chi connectivity index (χ2n) is 4.84. The first kappa shape index (κ1) is 14.0. The molecule has 0 aliphatic carbocycles. The van der Waals surface area contributed by atoms with Gasteiger partial charge < -0.3 is 15.4 Å². The van der Waals surface area contributed by atoms with Gasteiger partial charge in [-0.1, -0.05) is 0 Å². The number of alkyl halides is 3. The van der Waals surface area contributed by atoms with Crippen LogP contribution < -0.4 is 10.5 Å². The third kappa shape index (κ3) is 3.32. The Kier molecular flexibility index (Phi) is 3.89. The minimum Gasteiger partial charge on any atom is -0.491 e. The Morgan fingerprint density at radius 2 is 2.16 bits per heavy atom. The Labute approximate surface area is 110 Å². The Morgan fingerprint density at radius 1 is 1.42 bits per heavy atom. The van der Waals surface area contributed by atoms with Gasteiger partial charge >= 0.3 is 6.18 Å². The molecule has 2 N–H and O–H groups in total. The topological polar surface area (TPSA) is 38.5 Å². The van der Waals surface area contributed by atoms with Crippen LogP contribution in [0.1, 0.15) is 18.4 Å². The lowest BCUT2D eigenvalue weighted by Gasteiger charge is -2.21. The van der Waals surface area contributed by atoms with Crippen LogP contribution in [-0.2, 0) is 6.18 Å². The smallest absolute Gasteiger partial charge is 0.419 e. The van der Waals surface area contributed by atoms with Crippen LogP contribution in [-0.4, -0.2) is 31.1 Å². The number of benzene rings is 1. The van der Waals surface area contributed by atoms with Crippen LogP contribution >= 0.6 is 0 Å². The number of anilines is 1. The van der Waals surface area contributed by atoms with Crippen LogP contribution in [0.2, 0.25) is 0 Å². The Balaban J connectivity index is 2.12. The van der Waals surface area contributed by atoms with E-state index in [1.165, 1.54) is 12.1 Å². The highest BCUT2D eigenvalue weighted by Crippen LogP contribution is 2.37. The number of ether oxygens (including phenoxy) is 1. The average molecular weight is 274 g/mol. The van der Waals surface area contributed by atoms with E-state index in [2.05, 4.69) is 4.90 Å². The van der Waals surface area contributed by atoms with E-state index in [0.717, 1.165) is 25.5 Å². The number of hydrogen-bond acceptors (Lipinski definition) is 3. The summed E-state index contributed by atoms with van der Waals surface area (Å²) in [5, 5.41) is 0. The molecule has 19 heavy (non-hydrogen) atoms. The molecule has 6 heteroatoms. The van der Waals surface area contributed by atoms with Crippen molar-refractivity contribution < 1.29 is 17.9 Å². The molecule has 1 fully saturated rings. The lowest BCUT2D eigenvalue weighted by Crippen LogP contribution is -2.31. The summed E-state index contributed by atoms with van der Waals surface area (Å²) in [5.74, 6) is -0.187. The van der Waals surface area contributed by atoms with Gasteiger partial charge in [0, 0.05) is 17.8 Å². The summed E-state index contributed by atoms with van der Waals surface area (Å²) in [6.45, 7) is 1.21.